The maximum absolute atomic E-state index is 3.25. The van der Waals surface area contributed by atoms with E-state index < -0.39 is 0 Å². The summed E-state index contributed by atoms with van der Waals surface area (Å²) in [5.41, 5.74) is 1.48. The van der Waals surface area contributed by atoms with Crippen molar-refractivity contribution in [1.82, 2.24) is 4.98 Å². The summed E-state index contributed by atoms with van der Waals surface area (Å²) >= 11 is 0. The van der Waals surface area contributed by atoms with Gasteiger partial charge in [0.05, 0.1) is 0 Å². The smallest absolute Gasteiger partial charge is 0.241 e. The van der Waals surface area contributed by atoms with Crippen LogP contribution in [0.4, 0.5) is 0 Å². The van der Waals surface area contributed by atoms with E-state index in [0.717, 1.165) is 0 Å². The number of nitrogens with zero attached hydrogens (tertiary/aromatic N) is 1. The molecule has 2 atom stereocenters. The highest BCUT2D eigenvalue weighted by Crippen LogP contribution is 2.29. The van der Waals surface area contributed by atoms with E-state index in [4.69, 9.17) is 0 Å². The van der Waals surface area contributed by atoms with Gasteiger partial charge in [-0.2, -0.15) is 0 Å². The highest BCUT2D eigenvalue weighted by molar-refractivity contribution is 5.15. The minimum Gasteiger partial charge on any atom is -0.250 e. The predicted octanol–water partition coefficient (Wildman–Crippen LogP) is 7.28. The summed E-state index contributed by atoms with van der Waals surface area (Å²) in [4.78, 5) is 3.25. The summed E-state index contributed by atoms with van der Waals surface area (Å²) < 4.78 is 2.41. The first kappa shape index (κ1) is 22.7. The summed E-state index contributed by atoms with van der Waals surface area (Å²) in [5.74, 6) is 1.32. The SMILES string of the molecule is CCCCCCCCCCCC(Cc1ccccc1)C(C(C)C)[n+]1cc[nH]c1. The fourth-order valence-corrected chi connectivity index (χ4v) is 4.65. The number of hydrogen-bond acceptors (Lipinski definition) is 0. The molecule has 0 saturated heterocycles. The molecule has 0 aliphatic rings. The number of benzene rings is 1. The molecule has 0 amide bonds. The van der Waals surface area contributed by atoms with Crippen molar-refractivity contribution in [3.05, 3.63) is 54.6 Å². The largest absolute Gasteiger partial charge is 0.250 e. The van der Waals surface area contributed by atoms with Gasteiger partial charge in [-0.15, -0.1) is 0 Å². The van der Waals surface area contributed by atoms with Crippen LogP contribution in [0.3, 0.4) is 0 Å². The van der Waals surface area contributed by atoms with Crippen molar-refractivity contribution < 1.29 is 4.57 Å². The number of rotatable bonds is 15. The van der Waals surface area contributed by atoms with Crippen molar-refractivity contribution in [3.63, 3.8) is 0 Å². The first-order chi connectivity index (χ1) is 13.7. The van der Waals surface area contributed by atoms with Gasteiger partial charge in [-0.3, -0.25) is 4.98 Å². The second kappa shape index (κ2) is 13.6. The molecule has 0 aliphatic carbocycles. The zero-order valence-electron chi connectivity index (χ0n) is 18.6. The molecule has 0 fully saturated rings. The Morgan fingerprint density at radius 2 is 1.50 bits per heavy atom. The molecule has 1 aromatic heterocycles. The van der Waals surface area contributed by atoms with E-state index in [1.165, 1.54) is 76.2 Å². The first-order valence-electron chi connectivity index (χ1n) is 11.8. The Morgan fingerprint density at radius 3 is 2.07 bits per heavy atom. The van der Waals surface area contributed by atoms with Crippen LogP contribution >= 0.6 is 0 Å². The molecule has 0 bridgehead atoms. The lowest BCUT2D eigenvalue weighted by molar-refractivity contribution is -0.735. The topological polar surface area (TPSA) is 19.7 Å². The van der Waals surface area contributed by atoms with Gasteiger partial charge in [0, 0.05) is 5.92 Å². The molecule has 2 rings (SSSR count). The molecule has 1 heterocycles. The van der Waals surface area contributed by atoms with Gasteiger partial charge >= 0.3 is 0 Å². The van der Waals surface area contributed by atoms with E-state index in [-0.39, 0.29) is 0 Å². The second-order valence-corrected chi connectivity index (χ2v) is 8.86. The van der Waals surface area contributed by atoms with Crippen LogP contribution in [0.15, 0.2) is 49.1 Å². The Morgan fingerprint density at radius 1 is 0.857 bits per heavy atom. The van der Waals surface area contributed by atoms with Gasteiger partial charge in [0.15, 0.2) is 0 Å². The quantitative estimate of drug-likeness (QED) is 0.246. The normalized spacial score (nSPS) is 13.7. The van der Waals surface area contributed by atoms with Gasteiger partial charge in [0.2, 0.25) is 6.33 Å². The van der Waals surface area contributed by atoms with Crippen LogP contribution in [0.2, 0.25) is 0 Å². The van der Waals surface area contributed by atoms with Crippen LogP contribution in [0.1, 0.15) is 96.6 Å². The zero-order chi connectivity index (χ0) is 20.0. The predicted molar refractivity (Wildman–Crippen MR) is 120 cm³/mol. The van der Waals surface area contributed by atoms with Crippen molar-refractivity contribution in [2.45, 2.75) is 97.4 Å². The summed E-state index contributed by atoms with van der Waals surface area (Å²) in [6, 6.07) is 11.6. The Bertz CT molecular complexity index is 588. The maximum Gasteiger partial charge on any atom is 0.241 e. The highest BCUT2D eigenvalue weighted by atomic mass is 15.1. The minimum atomic E-state index is 0.556. The molecule has 2 heteroatoms. The fraction of sp³-hybridized carbons (Fsp3) is 0.654. The molecule has 0 radical (unpaired) electrons. The molecule has 156 valence electrons. The molecule has 0 saturated carbocycles. The van der Waals surface area contributed by atoms with E-state index in [1.54, 1.807) is 0 Å². The Balaban J connectivity index is 1.86. The summed E-state index contributed by atoms with van der Waals surface area (Å²) in [7, 11) is 0. The number of hydrogen-bond donors (Lipinski definition) is 1. The Labute approximate surface area is 173 Å². The van der Waals surface area contributed by atoms with Gasteiger partial charge in [-0.1, -0.05) is 109 Å². The molecule has 0 aliphatic heterocycles. The van der Waals surface area contributed by atoms with Gasteiger partial charge < -0.3 is 0 Å². The lowest BCUT2D eigenvalue weighted by atomic mass is 9.82. The van der Waals surface area contributed by atoms with Crippen LogP contribution in [0, 0.1) is 11.8 Å². The monoisotopic (exact) mass is 383 g/mol. The van der Waals surface area contributed by atoms with Gasteiger partial charge in [-0.25, -0.2) is 4.57 Å². The van der Waals surface area contributed by atoms with Crippen molar-refractivity contribution in [2.75, 3.05) is 0 Å². The van der Waals surface area contributed by atoms with E-state index in [0.29, 0.717) is 17.9 Å². The van der Waals surface area contributed by atoms with Crippen molar-refractivity contribution in [3.8, 4) is 0 Å². The highest BCUT2D eigenvalue weighted by Gasteiger charge is 2.29. The van der Waals surface area contributed by atoms with E-state index in [1.807, 2.05) is 6.20 Å². The van der Waals surface area contributed by atoms with Crippen molar-refractivity contribution in [1.29, 1.82) is 0 Å². The van der Waals surface area contributed by atoms with Crippen molar-refractivity contribution >= 4 is 0 Å². The third-order valence-corrected chi connectivity index (χ3v) is 6.10. The molecular formula is C26H43N2+. The van der Waals surface area contributed by atoms with E-state index >= 15 is 0 Å². The van der Waals surface area contributed by atoms with Gasteiger partial charge in [0.1, 0.15) is 18.4 Å². The second-order valence-electron chi connectivity index (χ2n) is 8.86. The summed E-state index contributed by atoms with van der Waals surface area (Å²) in [5, 5.41) is 0. The minimum absolute atomic E-state index is 0.556. The molecule has 2 nitrogen and oxygen atoms in total. The molecule has 2 aromatic rings. The molecule has 2 unspecified atom stereocenters. The number of H-pyrrole nitrogens is 1. The standard InChI is InChI=1S/C26H42N2/c1-4-5-6-7-8-9-10-11-15-18-25(21-24-16-13-12-14-17-24)26(23(2)3)28-20-19-27-22-28/h12-14,16-17,19-20,22-23,25-26H,4-11,15,18,21H2,1-3H3/p+1. The molecule has 0 spiro atoms. The van der Waals surface area contributed by atoms with Crippen LogP contribution in [-0.4, -0.2) is 4.98 Å². The molecule has 1 aromatic carbocycles. The Hall–Kier alpha value is -1.57. The van der Waals surface area contributed by atoms with E-state index in [2.05, 4.69) is 73.2 Å². The van der Waals surface area contributed by atoms with Crippen LogP contribution in [-0.2, 0) is 6.42 Å². The summed E-state index contributed by atoms with van der Waals surface area (Å²) in [6.45, 7) is 7.04. The number of imidazole rings is 1. The molecule has 28 heavy (non-hydrogen) atoms. The number of aromatic amines is 1. The average molecular weight is 384 g/mol. The maximum atomic E-state index is 3.25. The third kappa shape index (κ3) is 8.20. The fourth-order valence-electron chi connectivity index (χ4n) is 4.65. The zero-order valence-corrected chi connectivity index (χ0v) is 18.6. The third-order valence-electron chi connectivity index (χ3n) is 6.10. The van der Waals surface area contributed by atoms with Gasteiger partial charge in [0.25, 0.3) is 0 Å². The molecule has 1 N–H and O–H groups in total. The van der Waals surface area contributed by atoms with Crippen molar-refractivity contribution in [2.24, 2.45) is 11.8 Å². The van der Waals surface area contributed by atoms with Crippen LogP contribution < -0.4 is 4.57 Å². The molecular weight excluding hydrogens is 340 g/mol. The number of nitrogens with one attached hydrogen (secondary N) is 1. The first-order valence-corrected chi connectivity index (χ1v) is 11.8. The van der Waals surface area contributed by atoms with Crippen LogP contribution in [0.5, 0.6) is 0 Å². The Kier molecular flexibility index (Phi) is 11.0. The van der Waals surface area contributed by atoms with E-state index in [9.17, 15) is 0 Å². The number of unbranched alkanes of at least 4 members (excludes halogenated alkanes) is 8. The van der Waals surface area contributed by atoms with Gasteiger partial charge in [-0.05, 0) is 24.3 Å². The lowest BCUT2D eigenvalue weighted by Gasteiger charge is -2.28. The lowest BCUT2D eigenvalue weighted by Crippen LogP contribution is -2.45. The summed E-state index contributed by atoms with van der Waals surface area (Å²) in [6.07, 6.45) is 21.5. The average Bonchev–Trinajstić information content (AvgIpc) is 3.21. The van der Waals surface area contributed by atoms with Crippen LogP contribution in [0.25, 0.3) is 0 Å². The number of aromatic nitrogens is 2.